The van der Waals surface area contributed by atoms with Gasteiger partial charge >= 0.3 is 0 Å². The van der Waals surface area contributed by atoms with Gasteiger partial charge in [-0.1, -0.05) is 12.1 Å². The van der Waals surface area contributed by atoms with Gasteiger partial charge in [-0.25, -0.2) is 0 Å². The van der Waals surface area contributed by atoms with Gasteiger partial charge in [0.15, 0.2) is 6.61 Å². The zero-order chi connectivity index (χ0) is 16.2. The van der Waals surface area contributed by atoms with E-state index < -0.39 is 0 Å². The molecule has 1 heterocycles. The zero-order valence-electron chi connectivity index (χ0n) is 13.7. The molecule has 0 atom stereocenters. The molecule has 2 amide bonds. The molecule has 0 spiro atoms. The number of aryl methyl sites for hydroxylation is 1. The van der Waals surface area contributed by atoms with Crippen molar-refractivity contribution in [3.8, 4) is 5.75 Å². The third kappa shape index (κ3) is 4.24. The SMILES string of the molecule is Cc1cccc(OCC(=O)N2CCCN(C(=O)C3CC3)CC2)c1. The summed E-state index contributed by atoms with van der Waals surface area (Å²) in [5.74, 6) is 1.24. The second-order valence-electron chi connectivity index (χ2n) is 6.44. The molecule has 0 unspecified atom stereocenters. The Balaban J connectivity index is 1.48. The number of ether oxygens (including phenoxy) is 1. The van der Waals surface area contributed by atoms with E-state index >= 15 is 0 Å². The van der Waals surface area contributed by atoms with E-state index in [9.17, 15) is 9.59 Å². The van der Waals surface area contributed by atoms with E-state index in [2.05, 4.69) is 0 Å². The highest BCUT2D eigenvalue weighted by Gasteiger charge is 2.34. The summed E-state index contributed by atoms with van der Waals surface area (Å²) < 4.78 is 5.59. The summed E-state index contributed by atoms with van der Waals surface area (Å²) in [6, 6.07) is 7.70. The van der Waals surface area contributed by atoms with Gasteiger partial charge in [0.1, 0.15) is 5.75 Å². The van der Waals surface area contributed by atoms with Gasteiger partial charge < -0.3 is 14.5 Å². The van der Waals surface area contributed by atoms with Gasteiger partial charge in [-0.2, -0.15) is 0 Å². The number of carbonyl (C=O) groups is 2. The van der Waals surface area contributed by atoms with Crippen molar-refractivity contribution >= 4 is 11.8 Å². The lowest BCUT2D eigenvalue weighted by Gasteiger charge is -2.22. The second-order valence-corrected chi connectivity index (χ2v) is 6.44. The predicted molar refractivity (Wildman–Crippen MR) is 87.2 cm³/mol. The number of amides is 2. The molecule has 0 radical (unpaired) electrons. The van der Waals surface area contributed by atoms with E-state index in [0.717, 1.165) is 37.1 Å². The van der Waals surface area contributed by atoms with E-state index in [-0.39, 0.29) is 24.3 Å². The van der Waals surface area contributed by atoms with Crippen molar-refractivity contribution in [1.29, 1.82) is 0 Å². The number of rotatable bonds is 4. The molecule has 1 saturated heterocycles. The van der Waals surface area contributed by atoms with E-state index in [1.165, 1.54) is 0 Å². The van der Waals surface area contributed by atoms with Gasteiger partial charge in [0, 0.05) is 32.1 Å². The minimum absolute atomic E-state index is 0.00720. The van der Waals surface area contributed by atoms with Crippen LogP contribution in [0.4, 0.5) is 0 Å². The fourth-order valence-electron chi connectivity index (χ4n) is 2.92. The molecule has 2 aliphatic rings. The first-order valence-corrected chi connectivity index (χ1v) is 8.39. The Hall–Kier alpha value is -2.04. The van der Waals surface area contributed by atoms with Crippen LogP contribution in [0.5, 0.6) is 5.75 Å². The molecular weight excluding hydrogens is 292 g/mol. The number of hydrogen-bond acceptors (Lipinski definition) is 3. The molecule has 3 rings (SSSR count). The van der Waals surface area contributed by atoms with Crippen LogP contribution in [0.3, 0.4) is 0 Å². The first-order chi connectivity index (χ1) is 11.1. The Labute approximate surface area is 137 Å². The monoisotopic (exact) mass is 316 g/mol. The van der Waals surface area contributed by atoms with Crippen LogP contribution in [-0.4, -0.2) is 54.4 Å². The summed E-state index contributed by atoms with van der Waals surface area (Å²) in [7, 11) is 0. The van der Waals surface area contributed by atoms with Crippen LogP contribution < -0.4 is 4.74 Å². The normalized spacial score (nSPS) is 18.5. The molecule has 23 heavy (non-hydrogen) atoms. The lowest BCUT2D eigenvalue weighted by Crippen LogP contribution is -2.39. The maximum atomic E-state index is 12.3. The molecule has 1 saturated carbocycles. The van der Waals surface area contributed by atoms with Gasteiger partial charge in [0.25, 0.3) is 5.91 Å². The van der Waals surface area contributed by atoms with E-state index in [4.69, 9.17) is 4.74 Å². The molecule has 5 heteroatoms. The van der Waals surface area contributed by atoms with E-state index in [1.807, 2.05) is 41.0 Å². The molecule has 124 valence electrons. The van der Waals surface area contributed by atoms with Crippen molar-refractivity contribution in [3.05, 3.63) is 29.8 Å². The average Bonchev–Trinajstić information content (AvgIpc) is 3.38. The zero-order valence-corrected chi connectivity index (χ0v) is 13.7. The molecular formula is C18H24N2O3. The van der Waals surface area contributed by atoms with Crippen molar-refractivity contribution in [2.75, 3.05) is 32.8 Å². The lowest BCUT2D eigenvalue weighted by atomic mass is 10.2. The van der Waals surface area contributed by atoms with Crippen molar-refractivity contribution < 1.29 is 14.3 Å². The molecule has 0 bridgehead atoms. The lowest BCUT2D eigenvalue weighted by molar-refractivity contribution is -0.135. The van der Waals surface area contributed by atoms with Gasteiger partial charge in [-0.05, 0) is 43.9 Å². The fourth-order valence-corrected chi connectivity index (χ4v) is 2.92. The standard InChI is InChI=1S/C18H24N2O3/c1-14-4-2-5-16(12-14)23-13-17(21)19-8-3-9-20(11-10-19)18(22)15-6-7-15/h2,4-5,12,15H,3,6-11,13H2,1H3. The number of nitrogens with zero attached hydrogens (tertiary/aromatic N) is 2. The maximum Gasteiger partial charge on any atom is 0.260 e. The third-order valence-corrected chi connectivity index (χ3v) is 4.44. The van der Waals surface area contributed by atoms with Crippen LogP contribution >= 0.6 is 0 Å². The highest BCUT2D eigenvalue weighted by Crippen LogP contribution is 2.31. The van der Waals surface area contributed by atoms with E-state index in [0.29, 0.717) is 19.6 Å². The molecule has 1 aromatic rings. The quantitative estimate of drug-likeness (QED) is 0.852. The Morgan fingerprint density at radius 2 is 1.87 bits per heavy atom. The maximum absolute atomic E-state index is 12.3. The molecule has 1 aliphatic carbocycles. The Kier molecular flexibility index (Phi) is 4.84. The number of carbonyl (C=O) groups excluding carboxylic acids is 2. The van der Waals surface area contributed by atoms with Crippen molar-refractivity contribution in [2.45, 2.75) is 26.2 Å². The fraction of sp³-hybridized carbons (Fsp3) is 0.556. The first-order valence-electron chi connectivity index (χ1n) is 8.39. The summed E-state index contributed by atoms with van der Waals surface area (Å²) in [6.07, 6.45) is 2.90. The Bertz CT molecular complexity index is 583. The topological polar surface area (TPSA) is 49.9 Å². The summed E-state index contributed by atoms with van der Waals surface area (Å²) in [5.41, 5.74) is 1.11. The molecule has 0 N–H and O–H groups in total. The van der Waals surface area contributed by atoms with Crippen molar-refractivity contribution in [2.24, 2.45) is 5.92 Å². The average molecular weight is 316 g/mol. The highest BCUT2D eigenvalue weighted by molar-refractivity contribution is 5.81. The summed E-state index contributed by atoms with van der Waals surface area (Å²) in [4.78, 5) is 28.2. The van der Waals surface area contributed by atoms with Gasteiger partial charge in [-0.3, -0.25) is 9.59 Å². The molecule has 5 nitrogen and oxygen atoms in total. The minimum atomic E-state index is -0.00720. The largest absolute Gasteiger partial charge is 0.484 e. The van der Waals surface area contributed by atoms with Crippen LogP contribution in [-0.2, 0) is 9.59 Å². The molecule has 0 aromatic heterocycles. The summed E-state index contributed by atoms with van der Waals surface area (Å²) in [5, 5.41) is 0. The predicted octanol–water partition coefficient (Wildman–Crippen LogP) is 1.84. The van der Waals surface area contributed by atoms with Crippen LogP contribution in [0.1, 0.15) is 24.8 Å². The summed E-state index contributed by atoms with van der Waals surface area (Å²) in [6.45, 7) is 4.76. The highest BCUT2D eigenvalue weighted by atomic mass is 16.5. The Morgan fingerprint density at radius 1 is 1.13 bits per heavy atom. The van der Waals surface area contributed by atoms with Crippen LogP contribution in [0, 0.1) is 12.8 Å². The summed E-state index contributed by atoms with van der Waals surface area (Å²) >= 11 is 0. The van der Waals surface area contributed by atoms with Crippen molar-refractivity contribution in [1.82, 2.24) is 9.80 Å². The smallest absolute Gasteiger partial charge is 0.260 e. The van der Waals surface area contributed by atoms with E-state index in [1.54, 1.807) is 0 Å². The van der Waals surface area contributed by atoms with Crippen LogP contribution in [0.25, 0.3) is 0 Å². The minimum Gasteiger partial charge on any atom is -0.484 e. The molecule has 1 aliphatic heterocycles. The molecule has 1 aromatic carbocycles. The van der Waals surface area contributed by atoms with Gasteiger partial charge in [0.05, 0.1) is 0 Å². The van der Waals surface area contributed by atoms with Gasteiger partial charge in [-0.15, -0.1) is 0 Å². The Morgan fingerprint density at radius 3 is 2.61 bits per heavy atom. The molecule has 2 fully saturated rings. The van der Waals surface area contributed by atoms with Crippen molar-refractivity contribution in [3.63, 3.8) is 0 Å². The van der Waals surface area contributed by atoms with Gasteiger partial charge in [0.2, 0.25) is 5.91 Å². The second kappa shape index (κ2) is 7.02. The van der Waals surface area contributed by atoms with Crippen LogP contribution in [0.2, 0.25) is 0 Å². The first kappa shape index (κ1) is 15.8. The number of benzene rings is 1. The number of hydrogen-bond donors (Lipinski definition) is 0. The van der Waals surface area contributed by atoms with Crippen LogP contribution in [0.15, 0.2) is 24.3 Å². The third-order valence-electron chi connectivity index (χ3n) is 4.44.